The van der Waals surface area contributed by atoms with Crippen LogP contribution in [0.3, 0.4) is 0 Å². The molecule has 1 N–H and O–H groups in total. The lowest BCUT2D eigenvalue weighted by Gasteiger charge is -2.20. The third-order valence-electron chi connectivity index (χ3n) is 3.51. The summed E-state index contributed by atoms with van der Waals surface area (Å²) in [6, 6.07) is 0. The van der Waals surface area contributed by atoms with Gasteiger partial charge >= 0.3 is 0 Å². The highest BCUT2D eigenvalue weighted by Crippen LogP contribution is 2.17. The molecule has 0 aliphatic heterocycles. The van der Waals surface area contributed by atoms with Gasteiger partial charge in [-0.3, -0.25) is 4.68 Å². The first-order valence-corrected chi connectivity index (χ1v) is 6.81. The van der Waals surface area contributed by atoms with Gasteiger partial charge in [0.05, 0.1) is 6.20 Å². The first-order chi connectivity index (χ1) is 8.13. The van der Waals surface area contributed by atoms with Gasteiger partial charge in [-0.05, 0) is 49.8 Å². The van der Waals surface area contributed by atoms with Crippen LogP contribution in [0.5, 0.6) is 0 Å². The Morgan fingerprint density at radius 3 is 2.71 bits per heavy atom. The second kappa shape index (κ2) is 7.49. The number of nitrogens with zero attached hydrogens (tertiary/aromatic N) is 2. The average molecular weight is 237 g/mol. The van der Waals surface area contributed by atoms with E-state index in [0.717, 1.165) is 31.3 Å². The minimum atomic E-state index is 0.748. The minimum absolute atomic E-state index is 0.748. The molecule has 98 valence electrons. The zero-order chi connectivity index (χ0) is 12.7. The summed E-state index contributed by atoms with van der Waals surface area (Å²) in [5.74, 6) is 1.51. The Morgan fingerprint density at radius 1 is 1.35 bits per heavy atom. The van der Waals surface area contributed by atoms with Crippen molar-refractivity contribution in [2.75, 3.05) is 13.1 Å². The Hall–Kier alpha value is -0.830. The number of hydrogen-bond acceptors (Lipinski definition) is 2. The van der Waals surface area contributed by atoms with Crippen LogP contribution in [-0.4, -0.2) is 22.9 Å². The fourth-order valence-corrected chi connectivity index (χ4v) is 1.99. The van der Waals surface area contributed by atoms with Gasteiger partial charge in [-0.2, -0.15) is 5.10 Å². The molecule has 0 saturated heterocycles. The Morgan fingerprint density at radius 2 is 2.12 bits per heavy atom. The van der Waals surface area contributed by atoms with Gasteiger partial charge in [0.25, 0.3) is 0 Å². The summed E-state index contributed by atoms with van der Waals surface area (Å²) in [5.41, 5.74) is 1.35. The summed E-state index contributed by atoms with van der Waals surface area (Å²) in [6.07, 6.45) is 7.71. The quantitative estimate of drug-likeness (QED) is 0.704. The molecule has 0 spiro atoms. The molecule has 2 atom stereocenters. The molecule has 17 heavy (non-hydrogen) atoms. The molecule has 1 rings (SSSR count). The van der Waals surface area contributed by atoms with Gasteiger partial charge in [-0.1, -0.05) is 20.8 Å². The SMILES string of the molecule is CCCNCC(C)C(C)CCc1cnn(C)c1. The molecule has 0 bridgehead atoms. The maximum atomic E-state index is 4.20. The molecule has 1 aromatic rings. The summed E-state index contributed by atoms with van der Waals surface area (Å²) in [6.45, 7) is 9.19. The number of aryl methyl sites for hydroxylation is 2. The normalized spacial score (nSPS) is 14.8. The van der Waals surface area contributed by atoms with Crippen molar-refractivity contribution < 1.29 is 0 Å². The maximum Gasteiger partial charge on any atom is 0.0521 e. The second-order valence-corrected chi connectivity index (χ2v) is 5.22. The van der Waals surface area contributed by atoms with Gasteiger partial charge in [0.15, 0.2) is 0 Å². The monoisotopic (exact) mass is 237 g/mol. The summed E-state index contributed by atoms with van der Waals surface area (Å²) in [4.78, 5) is 0. The Kier molecular flexibility index (Phi) is 6.27. The van der Waals surface area contributed by atoms with E-state index in [1.165, 1.54) is 18.4 Å². The molecule has 0 radical (unpaired) electrons. The van der Waals surface area contributed by atoms with E-state index in [9.17, 15) is 0 Å². The number of rotatable bonds is 8. The lowest BCUT2D eigenvalue weighted by molar-refractivity contribution is 0.348. The lowest BCUT2D eigenvalue weighted by Crippen LogP contribution is -2.26. The lowest BCUT2D eigenvalue weighted by atomic mass is 9.90. The van der Waals surface area contributed by atoms with Crippen LogP contribution in [0.25, 0.3) is 0 Å². The summed E-state index contributed by atoms with van der Waals surface area (Å²) in [5, 5.41) is 7.71. The molecular weight excluding hydrogens is 210 g/mol. The molecule has 0 aliphatic carbocycles. The molecule has 0 aliphatic rings. The van der Waals surface area contributed by atoms with Crippen LogP contribution < -0.4 is 5.32 Å². The van der Waals surface area contributed by atoms with Crippen molar-refractivity contribution in [1.29, 1.82) is 0 Å². The van der Waals surface area contributed by atoms with Crippen molar-refractivity contribution in [2.45, 2.75) is 40.0 Å². The van der Waals surface area contributed by atoms with E-state index >= 15 is 0 Å². The summed E-state index contributed by atoms with van der Waals surface area (Å²) >= 11 is 0. The van der Waals surface area contributed by atoms with Crippen LogP contribution in [0.1, 0.15) is 39.2 Å². The van der Waals surface area contributed by atoms with E-state index in [0.29, 0.717) is 0 Å². The van der Waals surface area contributed by atoms with E-state index in [4.69, 9.17) is 0 Å². The molecule has 3 nitrogen and oxygen atoms in total. The average Bonchev–Trinajstić information content (AvgIpc) is 2.72. The molecule has 0 aromatic carbocycles. The highest BCUT2D eigenvalue weighted by molar-refractivity contribution is 5.03. The van der Waals surface area contributed by atoms with Crippen LogP contribution >= 0.6 is 0 Å². The van der Waals surface area contributed by atoms with Gasteiger partial charge in [0.1, 0.15) is 0 Å². The second-order valence-electron chi connectivity index (χ2n) is 5.22. The van der Waals surface area contributed by atoms with Gasteiger partial charge in [-0.15, -0.1) is 0 Å². The van der Waals surface area contributed by atoms with Crippen LogP contribution in [0.4, 0.5) is 0 Å². The van der Waals surface area contributed by atoms with Crippen molar-refractivity contribution >= 4 is 0 Å². The molecule has 1 heterocycles. The zero-order valence-electron chi connectivity index (χ0n) is 11.7. The van der Waals surface area contributed by atoms with E-state index in [2.05, 4.69) is 37.4 Å². The van der Waals surface area contributed by atoms with E-state index in [1.807, 2.05) is 17.9 Å². The predicted molar refractivity (Wildman–Crippen MR) is 73.0 cm³/mol. The van der Waals surface area contributed by atoms with Crippen LogP contribution in [0.2, 0.25) is 0 Å². The Bertz CT molecular complexity index is 306. The van der Waals surface area contributed by atoms with Crippen molar-refractivity contribution in [2.24, 2.45) is 18.9 Å². The van der Waals surface area contributed by atoms with Gasteiger partial charge < -0.3 is 5.32 Å². The number of hydrogen-bond donors (Lipinski definition) is 1. The minimum Gasteiger partial charge on any atom is -0.316 e. The highest BCUT2D eigenvalue weighted by Gasteiger charge is 2.12. The number of aromatic nitrogens is 2. The van der Waals surface area contributed by atoms with Crippen LogP contribution in [0, 0.1) is 11.8 Å². The molecule has 2 unspecified atom stereocenters. The molecule has 0 amide bonds. The van der Waals surface area contributed by atoms with Gasteiger partial charge in [0.2, 0.25) is 0 Å². The van der Waals surface area contributed by atoms with Gasteiger partial charge in [0, 0.05) is 13.2 Å². The fraction of sp³-hybridized carbons (Fsp3) is 0.786. The summed E-state index contributed by atoms with van der Waals surface area (Å²) in [7, 11) is 1.98. The van der Waals surface area contributed by atoms with Crippen molar-refractivity contribution in [3.05, 3.63) is 18.0 Å². The third-order valence-corrected chi connectivity index (χ3v) is 3.51. The zero-order valence-corrected chi connectivity index (χ0v) is 11.7. The molecule has 0 fully saturated rings. The van der Waals surface area contributed by atoms with Crippen molar-refractivity contribution in [3.63, 3.8) is 0 Å². The highest BCUT2D eigenvalue weighted by atomic mass is 15.2. The van der Waals surface area contributed by atoms with Crippen molar-refractivity contribution in [1.82, 2.24) is 15.1 Å². The molecular formula is C14H27N3. The van der Waals surface area contributed by atoms with Crippen LogP contribution in [-0.2, 0) is 13.5 Å². The molecule has 1 aromatic heterocycles. The first kappa shape index (κ1) is 14.2. The summed E-state index contributed by atoms with van der Waals surface area (Å²) < 4.78 is 1.88. The predicted octanol–water partition coefficient (Wildman–Crippen LogP) is 2.62. The van der Waals surface area contributed by atoms with Gasteiger partial charge in [-0.25, -0.2) is 0 Å². The third kappa shape index (κ3) is 5.35. The smallest absolute Gasteiger partial charge is 0.0521 e. The maximum absolute atomic E-state index is 4.20. The van der Waals surface area contributed by atoms with E-state index < -0.39 is 0 Å². The van der Waals surface area contributed by atoms with Crippen LogP contribution in [0.15, 0.2) is 12.4 Å². The largest absolute Gasteiger partial charge is 0.316 e. The van der Waals surface area contributed by atoms with Crippen molar-refractivity contribution in [3.8, 4) is 0 Å². The fourth-order valence-electron chi connectivity index (χ4n) is 1.99. The number of nitrogens with one attached hydrogen (secondary N) is 1. The van der Waals surface area contributed by atoms with E-state index in [-0.39, 0.29) is 0 Å². The standard InChI is InChI=1S/C14H27N3/c1-5-8-15-9-13(3)12(2)6-7-14-10-16-17(4)11-14/h10-13,15H,5-9H2,1-4H3. The topological polar surface area (TPSA) is 29.9 Å². The Balaban J connectivity index is 2.21. The van der Waals surface area contributed by atoms with E-state index in [1.54, 1.807) is 0 Å². The molecule has 3 heteroatoms. The Labute approximate surface area is 106 Å². The molecule has 0 saturated carbocycles. The first-order valence-electron chi connectivity index (χ1n) is 6.81.